The number of rotatable bonds is 6. The predicted octanol–water partition coefficient (Wildman–Crippen LogP) is 4.49. The molecular formula is C21H24ClN3O2S. The number of likely N-dealkylation sites (tertiary alicyclic amines) is 1. The summed E-state index contributed by atoms with van der Waals surface area (Å²) in [7, 11) is 0. The molecule has 1 saturated heterocycles. The Balaban J connectivity index is 1.41. The second-order valence-electron chi connectivity index (χ2n) is 6.67. The number of halogens is 1. The zero-order valence-corrected chi connectivity index (χ0v) is 17.1. The Hall–Kier alpha value is -2.18. The first kappa shape index (κ1) is 20.6. The Kier molecular flexibility index (Phi) is 7.62. The van der Waals surface area contributed by atoms with Crippen molar-refractivity contribution in [1.82, 2.24) is 10.2 Å². The second-order valence-corrected chi connectivity index (χ2v) is 8.28. The zero-order valence-electron chi connectivity index (χ0n) is 15.6. The molecule has 0 spiro atoms. The summed E-state index contributed by atoms with van der Waals surface area (Å²) < 4.78 is 0. The molecule has 0 aliphatic carbocycles. The van der Waals surface area contributed by atoms with Gasteiger partial charge in [-0.05, 0) is 49.2 Å². The number of nitrogens with zero attached hydrogens (tertiary/aromatic N) is 1. The fourth-order valence-corrected chi connectivity index (χ4v) is 4.01. The largest absolute Gasteiger partial charge is 0.355 e. The molecule has 1 atom stereocenters. The maximum Gasteiger partial charge on any atom is 0.321 e. The Morgan fingerprint density at radius 3 is 2.61 bits per heavy atom. The Morgan fingerprint density at radius 2 is 1.86 bits per heavy atom. The highest BCUT2D eigenvalue weighted by Gasteiger charge is 2.28. The molecule has 1 fully saturated rings. The van der Waals surface area contributed by atoms with E-state index in [1.807, 2.05) is 54.6 Å². The van der Waals surface area contributed by atoms with Crippen LogP contribution in [0.25, 0.3) is 0 Å². The number of carbonyl (C=O) groups is 2. The molecule has 3 rings (SSSR count). The van der Waals surface area contributed by atoms with Gasteiger partial charge in [0, 0.05) is 41.0 Å². The summed E-state index contributed by atoms with van der Waals surface area (Å²) >= 11 is 7.56. The summed E-state index contributed by atoms with van der Waals surface area (Å²) in [6, 6.07) is 16.9. The molecule has 0 bridgehead atoms. The molecule has 3 amide bonds. The van der Waals surface area contributed by atoms with Crippen LogP contribution in [0.2, 0.25) is 5.02 Å². The summed E-state index contributed by atoms with van der Waals surface area (Å²) in [5.74, 6) is 0.655. The number of para-hydroxylation sites is 1. The average Bonchev–Trinajstić information content (AvgIpc) is 2.73. The lowest BCUT2D eigenvalue weighted by Crippen LogP contribution is -2.47. The third-order valence-electron chi connectivity index (χ3n) is 4.59. The molecule has 2 aromatic rings. The van der Waals surface area contributed by atoms with Gasteiger partial charge in [-0.2, -0.15) is 0 Å². The van der Waals surface area contributed by atoms with Gasteiger partial charge in [0.2, 0.25) is 5.91 Å². The molecule has 1 unspecified atom stereocenters. The second kappa shape index (κ2) is 10.4. The molecule has 0 saturated carbocycles. The van der Waals surface area contributed by atoms with Crippen molar-refractivity contribution < 1.29 is 9.59 Å². The highest BCUT2D eigenvalue weighted by atomic mass is 35.5. The van der Waals surface area contributed by atoms with Crippen LogP contribution in [0.3, 0.4) is 0 Å². The van der Waals surface area contributed by atoms with Crippen molar-refractivity contribution in [2.45, 2.75) is 17.7 Å². The number of nitrogens with one attached hydrogen (secondary N) is 2. The van der Waals surface area contributed by atoms with E-state index in [2.05, 4.69) is 10.6 Å². The van der Waals surface area contributed by atoms with E-state index in [1.165, 1.54) is 0 Å². The number of benzene rings is 2. The van der Waals surface area contributed by atoms with Crippen molar-refractivity contribution in [3.63, 3.8) is 0 Å². The maximum absolute atomic E-state index is 12.5. The van der Waals surface area contributed by atoms with Gasteiger partial charge in [0.1, 0.15) is 0 Å². The number of carbonyl (C=O) groups excluding carboxylic acids is 2. The van der Waals surface area contributed by atoms with E-state index in [0.717, 1.165) is 34.2 Å². The Bertz CT molecular complexity index is 786. The minimum absolute atomic E-state index is 0.0221. The van der Waals surface area contributed by atoms with E-state index in [9.17, 15) is 9.59 Å². The molecule has 2 N–H and O–H groups in total. The van der Waals surface area contributed by atoms with E-state index in [-0.39, 0.29) is 17.9 Å². The summed E-state index contributed by atoms with van der Waals surface area (Å²) in [6.07, 6.45) is 1.64. The summed E-state index contributed by atoms with van der Waals surface area (Å²) in [6.45, 7) is 1.72. The minimum Gasteiger partial charge on any atom is -0.355 e. The number of piperidine rings is 1. The van der Waals surface area contributed by atoms with Crippen molar-refractivity contribution in [3.8, 4) is 0 Å². The third-order valence-corrected chi connectivity index (χ3v) is 5.85. The van der Waals surface area contributed by atoms with Gasteiger partial charge in [-0.15, -0.1) is 11.8 Å². The van der Waals surface area contributed by atoms with Crippen molar-refractivity contribution in [2.75, 3.05) is 30.7 Å². The lowest BCUT2D eigenvalue weighted by molar-refractivity contribution is -0.126. The molecule has 148 valence electrons. The molecule has 1 heterocycles. The van der Waals surface area contributed by atoms with Gasteiger partial charge in [-0.3, -0.25) is 4.79 Å². The fraction of sp³-hybridized carbons (Fsp3) is 0.333. The Morgan fingerprint density at radius 1 is 1.11 bits per heavy atom. The number of urea groups is 1. The highest BCUT2D eigenvalue weighted by Crippen LogP contribution is 2.20. The highest BCUT2D eigenvalue weighted by molar-refractivity contribution is 7.99. The topological polar surface area (TPSA) is 61.4 Å². The SMILES string of the molecule is O=C(NCCSc1ccc(Cl)cc1)C1CCCN(C(=O)Nc2ccccc2)C1. The summed E-state index contributed by atoms with van der Waals surface area (Å²) in [5.41, 5.74) is 0.762. The molecule has 1 aliphatic heterocycles. The van der Waals surface area contributed by atoms with Crippen molar-refractivity contribution in [1.29, 1.82) is 0 Å². The standard InChI is InChI=1S/C21H24ClN3O2S/c22-17-8-10-19(11-9-17)28-14-12-23-20(26)16-5-4-13-25(15-16)21(27)24-18-6-2-1-3-7-18/h1-3,6-11,16H,4-5,12-15H2,(H,23,26)(H,24,27). The molecule has 1 aliphatic rings. The van der Waals surface area contributed by atoms with E-state index >= 15 is 0 Å². The zero-order chi connectivity index (χ0) is 19.8. The van der Waals surface area contributed by atoms with Crippen LogP contribution in [0.15, 0.2) is 59.5 Å². The van der Waals surface area contributed by atoms with E-state index in [1.54, 1.807) is 16.7 Å². The third kappa shape index (κ3) is 6.17. The first-order valence-corrected chi connectivity index (χ1v) is 10.8. The number of amides is 3. The van der Waals surface area contributed by atoms with Crippen LogP contribution in [0.4, 0.5) is 10.5 Å². The summed E-state index contributed by atoms with van der Waals surface area (Å²) in [4.78, 5) is 27.8. The van der Waals surface area contributed by atoms with Crippen LogP contribution < -0.4 is 10.6 Å². The number of thioether (sulfide) groups is 1. The monoisotopic (exact) mass is 417 g/mol. The molecule has 0 radical (unpaired) electrons. The minimum atomic E-state index is -0.157. The first-order valence-electron chi connectivity index (χ1n) is 9.39. The van der Waals surface area contributed by atoms with Crippen LogP contribution in [0, 0.1) is 5.92 Å². The number of anilines is 1. The van der Waals surface area contributed by atoms with Crippen molar-refractivity contribution in [3.05, 3.63) is 59.6 Å². The lowest BCUT2D eigenvalue weighted by Gasteiger charge is -2.32. The van der Waals surface area contributed by atoms with Crippen molar-refractivity contribution >= 4 is 41.0 Å². The van der Waals surface area contributed by atoms with Crippen LogP contribution in [-0.2, 0) is 4.79 Å². The van der Waals surface area contributed by atoms with E-state index < -0.39 is 0 Å². The summed E-state index contributed by atoms with van der Waals surface area (Å²) in [5, 5.41) is 6.61. The van der Waals surface area contributed by atoms with E-state index in [4.69, 9.17) is 11.6 Å². The Labute approximate surface area is 174 Å². The molecule has 7 heteroatoms. The van der Waals surface area contributed by atoms with Crippen LogP contribution in [0.5, 0.6) is 0 Å². The fourth-order valence-electron chi connectivity index (χ4n) is 3.12. The first-order chi connectivity index (χ1) is 13.6. The molecule has 5 nitrogen and oxygen atoms in total. The van der Waals surface area contributed by atoms with Gasteiger partial charge < -0.3 is 15.5 Å². The molecule has 0 aromatic heterocycles. The maximum atomic E-state index is 12.5. The number of hydrogen-bond acceptors (Lipinski definition) is 3. The lowest BCUT2D eigenvalue weighted by atomic mass is 9.97. The van der Waals surface area contributed by atoms with Gasteiger partial charge in [-0.25, -0.2) is 4.79 Å². The van der Waals surface area contributed by atoms with Crippen molar-refractivity contribution in [2.24, 2.45) is 5.92 Å². The van der Waals surface area contributed by atoms with Crippen LogP contribution in [0.1, 0.15) is 12.8 Å². The number of hydrogen-bond donors (Lipinski definition) is 2. The molecule has 28 heavy (non-hydrogen) atoms. The van der Waals surface area contributed by atoms with E-state index in [0.29, 0.717) is 19.6 Å². The average molecular weight is 418 g/mol. The van der Waals surface area contributed by atoms with Gasteiger partial charge in [0.25, 0.3) is 0 Å². The van der Waals surface area contributed by atoms with Gasteiger partial charge in [0.15, 0.2) is 0 Å². The smallest absolute Gasteiger partial charge is 0.321 e. The molecule has 2 aromatic carbocycles. The normalized spacial score (nSPS) is 16.5. The molecular weight excluding hydrogens is 394 g/mol. The van der Waals surface area contributed by atoms with Crippen LogP contribution >= 0.6 is 23.4 Å². The van der Waals surface area contributed by atoms with Crippen LogP contribution in [-0.4, -0.2) is 42.2 Å². The quantitative estimate of drug-likeness (QED) is 0.537. The predicted molar refractivity (Wildman–Crippen MR) is 115 cm³/mol. The van der Waals surface area contributed by atoms with Gasteiger partial charge in [-0.1, -0.05) is 29.8 Å². The van der Waals surface area contributed by atoms with Gasteiger partial charge >= 0.3 is 6.03 Å². The van der Waals surface area contributed by atoms with Gasteiger partial charge in [0.05, 0.1) is 5.92 Å².